The molecule has 0 spiro atoms. The van der Waals surface area contributed by atoms with Gasteiger partial charge in [-0.2, -0.15) is 0 Å². The predicted octanol–water partition coefficient (Wildman–Crippen LogP) is 7.55. The third-order valence-corrected chi connectivity index (χ3v) is 9.04. The molecule has 51 heavy (non-hydrogen) atoms. The van der Waals surface area contributed by atoms with Crippen LogP contribution >= 0.6 is 0 Å². The zero-order valence-corrected chi connectivity index (χ0v) is 31.8. The van der Waals surface area contributed by atoms with Gasteiger partial charge < -0.3 is 39.4 Å². The SMILES string of the molecule is CC/C=C/C/C=C/C/C=C/CCCCCCCC(=O)OC[C@@H](CO[C@H]1O[C@@H](CO)[C@@H](O)C(O)C1O)OC(=O)CCCCCCCCCCCCC. The van der Waals surface area contributed by atoms with E-state index in [4.69, 9.17) is 18.9 Å². The Morgan fingerprint density at radius 3 is 1.75 bits per heavy atom. The second-order valence-electron chi connectivity index (χ2n) is 13.7. The van der Waals surface area contributed by atoms with Gasteiger partial charge in [-0.15, -0.1) is 0 Å². The summed E-state index contributed by atoms with van der Waals surface area (Å²) in [5.74, 6) is -0.828. The van der Waals surface area contributed by atoms with E-state index in [0.29, 0.717) is 12.8 Å². The first kappa shape index (κ1) is 46.9. The molecule has 0 radical (unpaired) electrons. The molecule has 10 nitrogen and oxygen atoms in total. The Morgan fingerprint density at radius 2 is 1.16 bits per heavy atom. The smallest absolute Gasteiger partial charge is 0.306 e. The highest BCUT2D eigenvalue weighted by molar-refractivity contribution is 5.70. The number of carbonyl (C=O) groups is 2. The van der Waals surface area contributed by atoms with Gasteiger partial charge >= 0.3 is 11.9 Å². The van der Waals surface area contributed by atoms with E-state index < -0.39 is 55.4 Å². The van der Waals surface area contributed by atoms with Crippen LogP contribution in [0.2, 0.25) is 0 Å². The Kier molecular flexibility index (Phi) is 30.0. The highest BCUT2D eigenvalue weighted by atomic mass is 16.7. The molecule has 2 unspecified atom stereocenters. The van der Waals surface area contributed by atoms with E-state index in [1.165, 1.54) is 44.9 Å². The topological polar surface area (TPSA) is 152 Å². The molecule has 1 aliphatic rings. The van der Waals surface area contributed by atoms with Crippen molar-refractivity contribution >= 4 is 11.9 Å². The summed E-state index contributed by atoms with van der Waals surface area (Å²) < 4.78 is 22.0. The molecule has 0 aliphatic carbocycles. The zero-order chi connectivity index (χ0) is 37.4. The van der Waals surface area contributed by atoms with Crippen LogP contribution in [0.5, 0.6) is 0 Å². The number of rotatable bonds is 32. The summed E-state index contributed by atoms with van der Waals surface area (Å²) in [5.41, 5.74) is 0. The van der Waals surface area contributed by atoms with E-state index in [-0.39, 0.29) is 26.1 Å². The molecule has 10 heteroatoms. The summed E-state index contributed by atoms with van der Waals surface area (Å²) in [6.07, 6.45) is 27.3. The Bertz CT molecular complexity index is 933. The fourth-order valence-electron chi connectivity index (χ4n) is 5.85. The van der Waals surface area contributed by atoms with Gasteiger partial charge in [-0.25, -0.2) is 0 Å². The number of unbranched alkanes of at least 4 members (excludes halogenated alkanes) is 15. The van der Waals surface area contributed by atoms with Gasteiger partial charge in [-0.05, 0) is 44.9 Å². The third-order valence-electron chi connectivity index (χ3n) is 9.04. The molecule has 1 fully saturated rings. The molecule has 296 valence electrons. The second-order valence-corrected chi connectivity index (χ2v) is 13.7. The molecule has 0 amide bonds. The van der Waals surface area contributed by atoms with Gasteiger partial charge in [-0.1, -0.05) is 134 Å². The van der Waals surface area contributed by atoms with Crippen LogP contribution in [0.3, 0.4) is 0 Å². The van der Waals surface area contributed by atoms with Crippen molar-refractivity contribution in [3.63, 3.8) is 0 Å². The number of allylic oxidation sites excluding steroid dienone is 6. The van der Waals surface area contributed by atoms with Crippen LogP contribution < -0.4 is 0 Å². The van der Waals surface area contributed by atoms with Gasteiger partial charge in [0.25, 0.3) is 0 Å². The summed E-state index contributed by atoms with van der Waals surface area (Å²) in [4.78, 5) is 25.2. The highest BCUT2D eigenvalue weighted by Gasteiger charge is 2.44. The highest BCUT2D eigenvalue weighted by Crippen LogP contribution is 2.22. The molecule has 6 atom stereocenters. The third kappa shape index (κ3) is 24.7. The summed E-state index contributed by atoms with van der Waals surface area (Å²) in [5, 5.41) is 39.9. The molecule has 0 bridgehead atoms. The maximum atomic E-state index is 12.7. The largest absolute Gasteiger partial charge is 0.462 e. The second kappa shape index (κ2) is 32.6. The van der Waals surface area contributed by atoms with Crippen molar-refractivity contribution in [3.8, 4) is 0 Å². The van der Waals surface area contributed by atoms with E-state index in [0.717, 1.165) is 70.6 Å². The minimum Gasteiger partial charge on any atom is -0.462 e. The van der Waals surface area contributed by atoms with Gasteiger partial charge in [0.05, 0.1) is 13.2 Å². The van der Waals surface area contributed by atoms with Crippen LogP contribution in [0.15, 0.2) is 36.5 Å². The molecule has 1 saturated heterocycles. The first-order valence-electron chi connectivity index (χ1n) is 20.1. The Hall–Kier alpha value is -2.08. The van der Waals surface area contributed by atoms with Crippen LogP contribution in [0, 0.1) is 0 Å². The van der Waals surface area contributed by atoms with E-state index in [1.807, 2.05) is 0 Å². The fourth-order valence-corrected chi connectivity index (χ4v) is 5.85. The van der Waals surface area contributed by atoms with Crippen molar-refractivity contribution in [3.05, 3.63) is 36.5 Å². The molecule has 0 saturated carbocycles. The Morgan fingerprint density at radius 1 is 0.627 bits per heavy atom. The molecule has 1 aliphatic heterocycles. The van der Waals surface area contributed by atoms with Crippen molar-refractivity contribution in [2.24, 2.45) is 0 Å². The molecular weight excluding hydrogens is 652 g/mol. The van der Waals surface area contributed by atoms with E-state index >= 15 is 0 Å². The quantitative estimate of drug-likeness (QED) is 0.0311. The van der Waals surface area contributed by atoms with Crippen LogP contribution in [-0.2, 0) is 28.5 Å². The number of carbonyl (C=O) groups excluding carboxylic acids is 2. The summed E-state index contributed by atoms with van der Waals surface area (Å²) in [6, 6.07) is 0. The maximum Gasteiger partial charge on any atom is 0.306 e. The van der Waals surface area contributed by atoms with Crippen molar-refractivity contribution in [2.75, 3.05) is 19.8 Å². The van der Waals surface area contributed by atoms with Gasteiger partial charge in [0.2, 0.25) is 0 Å². The minimum atomic E-state index is -1.59. The fraction of sp³-hybridized carbons (Fsp3) is 0.805. The van der Waals surface area contributed by atoms with Crippen molar-refractivity contribution < 1.29 is 49.0 Å². The standard InChI is InChI=1S/C41H72O10/c1-3-5-7-9-11-13-15-16-17-18-20-21-23-25-27-29-36(43)48-32-34(33-49-41-40(47)39(46)38(45)35(31-42)51-41)50-37(44)30-28-26-24-22-19-14-12-10-8-6-4-2/h5,7,11,13,16-17,34-35,38-42,45-47H,3-4,6,8-10,12,14-15,18-33H2,1-2H3/b7-5+,13-11+,17-16+/t34-,35-,38+,39?,40?,41-/m0/s1. The number of ether oxygens (including phenoxy) is 4. The average molecular weight is 725 g/mol. The van der Waals surface area contributed by atoms with E-state index in [2.05, 4.69) is 50.3 Å². The van der Waals surface area contributed by atoms with E-state index in [9.17, 15) is 30.0 Å². The summed E-state index contributed by atoms with van der Waals surface area (Å²) >= 11 is 0. The number of aliphatic hydroxyl groups is 4. The van der Waals surface area contributed by atoms with Crippen LogP contribution in [-0.4, -0.2) is 89.0 Å². The van der Waals surface area contributed by atoms with Gasteiger partial charge in [0.1, 0.15) is 31.0 Å². The Labute approximate surface area is 308 Å². The number of hydrogen-bond acceptors (Lipinski definition) is 10. The van der Waals surface area contributed by atoms with Crippen molar-refractivity contribution in [1.82, 2.24) is 0 Å². The lowest BCUT2D eigenvalue weighted by Gasteiger charge is -2.39. The first-order chi connectivity index (χ1) is 24.8. The minimum absolute atomic E-state index is 0.225. The van der Waals surface area contributed by atoms with Crippen LogP contribution in [0.4, 0.5) is 0 Å². The van der Waals surface area contributed by atoms with Gasteiger partial charge in [-0.3, -0.25) is 9.59 Å². The van der Waals surface area contributed by atoms with Crippen molar-refractivity contribution in [2.45, 2.75) is 192 Å². The van der Waals surface area contributed by atoms with Crippen LogP contribution in [0.1, 0.15) is 155 Å². The molecule has 0 aromatic carbocycles. The maximum absolute atomic E-state index is 12.7. The van der Waals surface area contributed by atoms with Gasteiger partial charge in [0.15, 0.2) is 12.4 Å². The monoisotopic (exact) mass is 725 g/mol. The lowest BCUT2D eigenvalue weighted by molar-refractivity contribution is -0.305. The van der Waals surface area contributed by atoms with Crippen molar-refractivity contribution in [1.29, 1.82) is 0 Å². The lowest BCUT2D eigenvalue weighted by Crippen LogP contribution is -2.59. The molecule has 0 aromatic rings. The number of esters is 2. The molecule has 0 aromatic heterocycles. The van der Waals surface area contributed by atoms with E-state index in [1.54, 1.807) is 0 Å². The normalized spacial score (nSPS) is 21.6. The van der Waals surface area contributed by atoms with Crippen LogP contribution in [0.25, 0.3) is 0 Å². The molecule has 4 N–H and O–H groups in total. The average Bonchev–Trinajstić information content (AvgIpc) is 3.13. The molecule has 1 rings (SSSR count). The first-order valence-corrected chi connectivity index (χ1v) is 20.1. The Balaban J connectivity index is 2.39. The zero-order valence-electron chi connectivity index (χ0n) is 31.8. The lowest BCUT2D eigenvalue weighted by atomic mass is 9.99. The number of hydrogen-bond donors (Lipinski definition) is 4. The molecule has 1 heterocycles. The van der Waals surface area contributed by atoms with Gasteiger partial charge in [0, 0.05) is 12.8 Å². The molecular formula is C41H72O10. The number of aliphatic hydroxyl groups excluding tert-OH is 4. The summed E-state index contributed by atoms with van der Waals surface area (Å²) in [6.45, 7) is 3.27. The predicted molar refractivity (Wildman–Crippen MR) is 201 cm³/mol. The summed E-state index contributed by atoms with van der Waals surface area (Å²) in [7, 11) is 0.